The highest BCUT2D eigenvalue weighted by molar-refractivity contribution is 7.92. The van der Waals surface area contributed by atoms with Crippen molar-refractivity contribution in [1.82, 2.24) is 5.32 Å². The molecule has 0 fully saturated rings. The summed E-state index contributed by atoms with van der Waals surface area (Å²) in [6.07, 6.45) is 0.939. The Labute approximate surface area is 195 Å². The molecule has 0 spiro atoms. The van der Waals surface area contributed by atoms with Crippen molar-refractivity contribution in [1.29, 1.82) is 0 Å². The maximum Gasteiger partial charge on any atom is 0.264 e. The van der Waals surface area contributed by atoms with Gasteiger partial charge in [0, 0.05) is 5.02 Å². The monoisotopic (exact) mass is 470 g/mol. The second-order valence-corrected chi connectivity index (χ2v) is 9.94. The largest absolute Gasteiger partial charge is 0.348 e. The number of halogens is 1. The molecule has 1 amide bonds. The van der Waals surface area contributed by atoms with E-state index < -0.39 is 15.9 Å². The number of sulfonamides is 1. The van der Waals surface area contributed by atoms with Gasteiger partial charge in [-0.2, -0.15) is 0 Å². The van der Waals surface area contributed by atoms with Gasteiger partial charge in [0.2, 0.25) is 5.91 Å². The van der Waals surface area contributed by atoms with Gasteiger partial charge in [0.05, 0.1) is 16.6 Å². The Bertz CT molecular complexity index is 1180. The number of hydrogen-bond acceptors (Lipinski definition) is 3. The zero-order chi connectivity index (χ0) is 23.3. The summed E-state index contributed by atoms with van der Waals surface area (Å²) in [6.45, 7) is 5.44. The van der Waals surface area contributed by atoms with Gasteiger partial charge in [0.25, 0.3) is 10.0 Å². The van der Waals surface area contributed by atoms with Crippen molar-refractivity contribution in [3.05, 3.63) is 94.5 Å². The van der Waals surface area contributed by atoms with Gasteiger partial charge in [0.1, 0.15) is 6.54 Å². The van der Waals surface area contributed by atoms with E-state index in [4.69, 9.17) is 11.6 Å². The standard InChI is InChI=1S/C25H27ClN2O3S/c1-4-20-9-11-21(12-10-20)19(3)27-25(29)17-28(24-8-6-5-7-18(24)2)32(30,31)23-15-13-22(26)14-16-23/h5-16,19H,4,17H2,1-3H3,(H,27,29). The minimum absolute atomic E-state index is 0.0705. The number of anilines is 1. The molecular formula is C25H27ClN2O3S. The van der Waals surface area contributed by atoms with Gasteiger partial charge in [-0.05, 0) is 67.3 Å². The van der Waals surface area contributed by atoms with Crippen molar-refractivity contribution < 1.29 is 13.2 Å². The lowest BCUT2D eigenvalue weighted by atomic mass is 10.1. The van der Waals surface area contributed by atoms with Crippen LogP contribution in [0.15, 0.2) is 77.7 Å². The lowest BCUT2D eigenvalue weighted by Crippen LogP contribution is -2.41. The first kappa shape index (κ1) is 23.8. The summed E-state index contributed by atoms with van der Waals surface area (Å²) < 4.78 is 28.1. The molecule has 0 aliphatic carbocycles. The topological polar surface area (TPSA) is 66.5 Å². The van der Waals surface area contributed by atoms with Crippen molar-refractivity contribution in [3.63, 3.8) is 0 Å². The van der Waals surface area contributed by atoms with Crippen molar-refractivity contribution in [2.45, 2.75) is 38.1 Å². The molecule has 1 atom stereocenters. The number of nitrogens with one attached hydrogen (secondary N) is 1. The van der Waals surface area contributed by atoms with E-state index in [9.17, 15) is 13.2 Å². The minimum Gasteiger partial charge on any atom is -0.348 e. The first-order valence-corrected chi connectivity index (χ1v) is 12.3. The Hall–Kier alpha value is -2.83. The molecule has 0 aliphatic heterocycles. The zero-order valence-electron chi connectivity index (χ0n) is 18.4. The van der Waals surface area contributed by atoms with E-state index in [-0.39, 0.29) is 17.5 Å². The number of amides is 1. The molecule has 0 aromatic heterocycles. The van der Waals surface area contributed by atoms with E-state index in [0.29, 0.717) is 10.7 Å². The summed E-state index contributed by atoms with van der Waals surface area (Å²) >= 11 is 5.93. The fraction of sp³-hybridized carbons (Fsp3) is 0.240. The first-order chi connectivity index (χ1) is 15.2. The smallest absolute Gasteiger partial charge is 0.264 e. The summed E-state index contributed by atoms with van der Waals surface area (Å²) in [5.41, 5.74) is 3.38. The van der Waals surface area contributed by atoms with Crippen molar-refractivity contribution in [2.75, 3.05) is 10.8 Å². The van der Waals surface area contributed by atoms with Crippen LogP contribution in [-0.2, 0) is 21.2 Å². The molecule has 0 aliphatic rings. The Balaban J connectivity index is 1.87. The van der Waals surface area contributed by atoms with Crippen LogP contribution in [0.5, 0.6) is 0 Å². The maximum absolute atomic E-state index is 13.5. The quantitative estimate of drug-likeness (QED) is 0.486. The minimum atomic E-state index is -3.98. The van der Waals surface area contributed by atoms with E-state index >= 15 is 0 Å². The molecule has 7 heteroatoms. The predicted molar refractivity (Wildman–Crippen MR) is 130 cm³/mol. The summed E-state index contributed by atoms with van der Waals surface area (Å²) in [5, 5.41) is 3.36. The number of carbonyl (C=O) groups excluding carboxylic acids is 1. The van der Waals surface area contributed by atoms with Crippen LogP contribution in [0.3, 0.4) is 0 Å². The van der Waals surface area contributed by atoms with E-state index in [0.717, 1.165) is 21.9 Å². The van der Waals surface area contributed by atoms with Crippen molar-refractivity contribution in [3.8, 4) is 0 Å². The average Bonchev–Trinajstić information content (AvgIpc) is 2.78. The molecule has 3 aromatic carbocycles. The molecular weight excluding hydrogens is 444 g/mol. The van der Waals surface area contributed by atoms with Gasteiger partial charge in [-0.3, -0.25) is 9.10 Å². The SMILES string of the molecule is CCc1ccc(C(C)NC(=O)CN(c2ccccc2C)S(=O)(=O)c2ccc(Cl)cc2)cc1. The number of carbonyl (C=O) groups is 1. The Morgan fingerprint density at radius 3 is 2.22 bits per heavy atom. The number of para-hydroxylation sites is 1. The second kappa shape index (κ2) is 10.2. The van der Waals surface area contributed by atoms with Gasteiger partial charge >= 0.3 is 0 Å². The summed E-state index contributed by atoms with van der Waals surface area (Å²) in [7, 11) is -3.98. The molecule has 0 heterocycles. The molecule has 0 saturated carbocycles. The van der Waals surface area contributed by atoms with Gasteiger partial charge in [0.15, 0.2) is 0 Å². The van der Waals surface area contributed by atoms with Crippen LogP contribution in [0, 0.1) is 6.92 Å². The fourth-order valence-electron chi connectivity index (χ4n) is 3.42. The van der Waals surface area contributed by atoms with Crippen LogP contribution >= 0.6 is 11.6 Å². The third-order valence-corrected chi connectivity index (χ3v) is 7.36. The van der Waals surface area contributed by atoms with E-state index in [1.54, 1.807) is 12.1 Å². The van der Waals surface area contributed by atoms with E-state index in [1.165, 1.54) is 29.8 Å². The number of aryl methyl sites for hydroxylation is 2. The molecule has 0 radical (unpaired) electrons. The Kier molecular flexibility index (Phi) is 7.59. The average molecular weight is 471 g/mol. The second-order valence-electron chi connectivity index (χ2n) is 7.64. The summed E-state index contributed by atoms with van der Waals surface area (Å²) in [6, 6.07) is 20.8. The van der Waals surface area contributed by atoms with Crippen LogP contribution < -0.4 is 9.62 Å². The number of benzene rings is 3. The predicted octanol–water partition coefficient (Wildman–Crippen LogP) is 5.28. The highest BCUT2D eigenvalue weighted by Crippen LogP contribution is 2.27. The van der Waals surface area contributed by atoms with E-state index in [2.05, 4.69) is 12.2 Å². The Morgan fingerprint density at radius 1 is 1.00 bits per heavy atom. The fourth-order valence-corrected chi connectivity index (χ4v) is 5.03. The van der Waals surface area contributed by atoms with Crippen LogP contribution in [-0.4, -0.2) is 20.9 Å². The highest BCUT2D eigenvalue weighted by Gasteiger charge is 2.28. The zero-order valence-corrected chi connectivity index (χ0v) is 20.0. The third-order valence-electron chi connectivity index (χ3n) is 5.34. The van der Waals surface area contributed by atoms with Crippen LogP contribution in [0.4, 0.5) is 5.69 Å². The third kappa shape index (κ3) is 5.50. The number of hydrogen-bond donors (Lipinski definition) is 1. The van der Waals surface area contributed by atoms with Crippen LogP contribution in [0.25, 0.3) is 0 Å². The normalized spacial score (nSPS) is 12.2. The maximum atomic E-state index is 13.5. The van der Waals surface area contributed by atoms with Gasteiger partial charge in [-0.15, -0.1) is 0 Å². The molecule has 0 saturated heterocycles. The van der Waals surface area contributed by atoms with Crippen molar-refractivity contribution in [2.24, 2.45) is 0 Å². The highest BCUT2D eigenvalue weighted by atomic mass is 35.5. The molecule has 3 aromatic rings. The first-order valence-electron chi connectivity index (χ1n) is 10.4. The molecule has 1 N–H and O–H groups in total. The summed E-state index contributed by atoms with van der Waals surface area (Å²) in [5.74, 6) is -0.391. The number of nitrogens with zero attached hydrogens (tertiary/aromatic N) is 1. The van der Waals surface area contributed by atoms with E-state index in [1.807, 2.05) is 50.2 Å². The van der Waals surface area contributed by atoms with Gasteiger partial charge in [-0.25, -0.2) is 8.42 Å². The lowest BCUT2D eigenvalue weighted by Gasteiger charge is -2.26. The lowest BCUT2D eigenvalue weighted by molar-refractivity contribution is -0.120. The molecule has 32 heavy (non-hydrogen) atoms. The van der Waals surface area contributed by atoms with Crippen LogP contribution in [0.2, 0.25) is 5.02 Å². The molecule has 1 unspecified atom stereocenters. The number of rotatable bonds is 8. The Morgan fingerprint density at radius 2 is 1.62 bits per heavy atom. The summed E-state index contributed by atoms with van der Waals surface area (Å²) in [4.78, 5) is 13.0. The van der Waals surface area contributed by atoms with Gasteiger partial charge < -0.3 is 5.32 Å². The van der Waals surface area contributed by atoms with Crippen LogP contribution in [0.1, 0.15) is 36.6 Å². The van der Waals surface area contributed by atoms with Gasteiger partial charge in [-0.1, -0.05) is 61.0 Å². The molecule has 0 bridgehead atoms. The molecule has 168 valence electrons. The molecule has 5 nitrogen and oxygen atoms in total. The van der Waals surface area contributed by atoms with Crippen molar-refractivity contribution >= 4 is 33.2 Å². The molecule has 3 rings (SSSR count).